The molecule has 0 aromatic rings. The Morgan fingerprint density at radius 1 is 1.50 bits per heavy atom. The molecule has 94 valence electrons. The van der Waals surface area contributed by atoms with Crippen LogP contribution in [-0.4, -0.2) is 49.1 Å². The molecule has 0 aromatic carbocycles. The number of carbonyl (C=O) groups excluding carboxylic acids is 1. The van der Waals surface area contributed by atoms with E-state index >= 15 is 0 Å². The van der Waals surface area contributed by atoms with E-state index in [0.29, 0.717) is 6.04 Å². The van der Waals surface area contributed by atoms with Gasteiger partial charge >= 0.3 is 0 Å². The van der Waals surface area contributed by atoms with Gasteiger partial charge in [0.15, 0.2) is 0 Å². The van der Waals surface area contributed by atoms with Gasteiger partial charge in [0.25, 0.3) is 0 Å². The second-order valence-corrected chi connectivity index (χ2v) is 5.08. The Labute approximate surface area is 98.8 Å². The van der Waals surface area contributed by atoms with Crippen LogP contribution in [0.5, 0.6) is 0 Å². The third-order valence-corrected chi connectivity index (χ3v) is 3.48. The minimum absolute atomic E-state index is 0.0953. The molecule has 16 heavy (non-hydrogen) atoms. The van der Waals surface area contributed by atoms with Gasteiger partial charge in [-0.15, -0.1) is 0 Å². The Balaban J connectivity index is 2.45. The van der Waals surface area contributed by atoms with Gasteiger partial charge in [0.2, 0.25) is 5.91 Å². The number of amides is 1. The van der Waals surface area contributed by atoms with E-state index in [0.717, 1.165) is 26.1 Å². The van der Waals surface area contributed by atoms with Crippen LogP contribution in [0.4, 0.5) is 0 Å². The second-order valence-electron chi connectivity index (χ2n) is 5.08. The molecule has 1 heterocycles. The fourth-order valence-electron chi connectivity index (χ4n) is 1.94. The van der Waals surface area contributed by atoms with Gasteiger partial charge in [-0.3, -0.25) is 4.79 Å². The van der Waals surface area contributed by atoms with Crippen LogP contribution in [0.3, 0.4) is 0 Å². The molecule has 0 saturated carbocycles. The van der Waals surface area contributed by atoms with Crippen LogP contribution in [-0.2, 0) is 4.79 Å². The summed E-state index contributed by atoms with van der Waals surface area (Å²) in [7, 11) is 1.82. The van der Waals surface area contributed by atoms with Gasteiger partial charge in [-0.05, 0) is 46.8 Å². The highest BCUT2D eigenvalue weighted by Gasteiger charge is 2.28. The van der Waals surface area contributed by atoms with Gasteiger partial charge in [-0.2, -0.15) is 0 Å². The smallest absolute Gasteiger partial charge is 0.239 e. The second kappa shape index (κ2) is 5.64. The minimum atomic E-state index is -0.478. The number of rotatable bonds is 4. The minimum Gasteiger partial charge on any atom is -0.350 e. The molecule has 0 radical (unpaired) electrons. The highest BCUT2D eigenvalue weighted by Crippen LogP contribution is 2.11. The van der Waals surface area contributed by atoms with Crippen molar-refractivity contribution < 1.29 is 4.79 Å². The average molecular weight is 227 g/mol. The summed E-state index contributed by atoms with van der Waals surface area (Å²) in [5.41, 5.74) is -0.478. The largest absolute Gasteiger partial charge is 0.350 e. The topological polar surface area (TPSA) is 44.4 Å². The highest BCUT2D eigenvalue weighted by atomic mass is 16.2. The lowest BCUT2D eigenvalue weighted by Gasteiger charge is -2.34. The Kier molecular flexibility index (Phi) is 4.74. The van der Waals surface area contributed by atoms with Crippen LogP contribution in [0.25, 0.3) is 0 Å². The molecular weight excluding hydrogens is 202 g/mol. The number of hydrogen-bond acceptors (Lipinski definition) is 3. The van der Waals surface area contributed by atoms with E-state index in [2.05, 4.69) is 22.5 Å². The molecule has 1 amide bonds. The van der Waals surface area contributed by atoms with Crippen LogP contribution in [0, 0.1) is 0 Å². The van der Waals surface area contributed by atoms with Gasteiger partial charge in [-0.1, -0.05) is 6.92 Å². The Morgan fingerprint density at radius 3 is 2.75 bits per heavy atom. The van der Waals surface area contributed by atoms with Gasteiger partial charge < -0.3 is 15.5 Å². The maximum absolute atomic E-state index is 12.0. The van der Waals surface area contributed by atoms with E-state index < -0.39 is 5.54 Å². The first-order chi connectivity index (χ1) is 7.49. The molecule has 4 heteroatoms. The summed E-state index contributed by atoms with van der Waals surface area (Å²) in [6, 6.07) is 0.314. The normalized spacial score (nSPS) is 23.1. The zero-order chi connectivity index (χ0) is 12.2. The maximum atomic E-state index is 12.0. The predicted molar refractivity (Wildman–Crippen MR) is 66.4 cm³/mol. The van der Waals surface area contributed by atoms with Gasteiger partial charge in [0.05, 0.1) is 5.54 Å². The van der Waals surface area contributed by atoms with Crippen molar-refractivity contribution in [3.8, 4) is 0 Å². The van der Waals surface area contributed by atoms with Crippen LogP contribution in [0.1, 0.15) is 33.6 Å². The lowest BCUT2D eigenvalue weighted by atomic mass is 10.0. The third kappa shape index (κ3) is 3.46. The molecule has 0 spiro atoms. The summed E-state index contributed by atoms with van der Waals surface area (Å²) in [5.74, 6) is 0.0953. The molecule has 1 aliphatic rings. The summed E-state index contributed by atoms with van der Waals surface area (Å²) in [6.45, 7) is 9.20. The Morgan fingerprint density at radius 2 is 2.19 bits per heavy atom. The lowest BCUT2D eigenvalue weighted by Crippen LogP contribution is -2.56. The average Bonchev–Trinajstić information content (AvgIpc) is 2.29. The molecule has 1 rings (SSSR count). The molecule has 1 atom stereocenters. The summed E-state index contributed by atoms with van der Waals surface area (Å²) in [6.07, 6.45) is 2.28. The number of nitrogens with zero attached hydrogens (tertiary/aromatic N) is 1. The first kappa shape index (κ1) is 13.5. The fraction of sp³-hybridized carbons (Fsp3) is 0.917. The molecular formula is C12H25N3O. The number of carbonyl (C=O) groups is 1. The summed E-state index contributed by atoms with van der Waals surface area (Å²) in [5, 5.41) is 6.16. The SMILES string of the molecule is CCN1CCCC(NC(=O)C(C)(C)NC)C1. The van der Waals surface area contributed by atoms with Gasteiger partial charge in [0, 0.05) is 12.6 Å². The van der Waals surface area contributed by atoms with E-state index in [1.54, 1.807) is 0 Å². The van der Waals surface area contributed by atoms with Crippen molar-refractivity contribution in [3.05, 3.63) is 0 Å². The van der Waals surface area contributed by atoms with Crippen molar-refractivity contribution in [2.24, 2.45) is 0 Å². The number of nitrogens with one attached hydrogen (secondary N) is 2. The van der Waals surface area contributed by atoms with Crippen molar-refractivity contribution in [2.45, 2.75) is 45.2 Å². The van der Waals surface area contributed by atoms with Crippen molar-refractivity contribution in [3.63, 3.8) is 0 Å². The van der Waals surface area contributed by atoms with E-state index in [-0.39, 0.29) is 5.91 Å². The van der Waals surface area contributed by atoms with E-state index in [1.165, 1.54) is 6.42 Å². The van der Waals surface area contributed by atoms with Crippen molar-refractivity contribution in [1.29, 1.82) is 0 Å². The lowest BCUT2D eigenvalue weighted by molar-refractivity contribution is -0.127. The third-order valence-electron chi connectivity index (χ3n) is 3.48. The summed E-state index contributed by atoms with van der Waals surface area (Å²) < 4.78 is 0. The molecule has 2 N–H and O–H groups in total. The fourth-order valence-corrected chi connectivity index (χ4v) is 1.94. The zero-order valence-corrected chi connectivity index (χ0v) is 11.0. The van der Waals surface area contributed by atoms with Crippen LogP contribution in [0.2, 0.25) is 0 Å². The standard InChI is InChI=1S/C12H25N3O/c1-5-15-8-6-7-10(9-15)14-11(16)12(2,3)13-4/h10,13H,5-9H2,1-4H3,(H,14,16). The predicted octanol–water partition coefficient (Wildman–Crippen LogP) is 0.585. The first-order valence-corrected chi connectivity index (χ1v) is 6.22. The summed E-state index contributed by atoms with van der Waals surface area (Å²) in [4.78, 5) is 14.4. The van der Waals surface area contributed by atoms with E-state index in [1.807, 2.05) is 20.9 Å². The number of likely N-dealkylation sites (tertiary alicyclic amines) is 1. The number of hydrogen-bond donors (Lipinski definition) is 2. The monoisotopic (exact) mass is 227 g/mol. The molecule has 1 aliphatic heterocycles. The quantitative estimate of drug-likeness (QED) is 0.738. The molecule has 0 bridgehead atoms. The molecule has 4 nitrogen and oxygen atoms in total. The highest BCUT2D eigenvalue weighted by molar-refractivity contribution is 5.85. The van der Waals surface area contributed by atoms with Crippen molar-refractivity contribution in [2.75, 3.05) is 26.7 Å². The zero-order valence-electron chi connectivity index (χ0n) is 11.0. The number of piperidine rings is 1. The molecule has 1 unspecified atom stereocenters. The van der Waals surface area contributed by atoms with E-state index in [9.17, 15) is 4.79 Å². The van der Waals surface area contributed by atoms with E-state index in [4.69, 9.17) is 0 Å². The Bertz CT molecular complexity index is 240. The van der Waals surface area contributed by atoms with Crippen molar-refractivity contribution in [1.82, 2.24) is 15.5 Å². The van der Waals surface area contributed by atoms with Gasteiger partial charge in [-0.25, -0.2) is 0 Å². The molecule has 0 aliphatic carbocycles. The van der Waals surface area contributed by atoms with Crippen LogP contribution < -0.4 is 10.6 Å². The molecule has 1 saturated heterocycles. The number of likely N-dealkylation sites (N-methyl/N-ethyl adjacent to an activating group) is 2. The molecule has 1 fully saturated rings. The first-order valence-electron chi connectivity index (χ1n) is 6.22. The molecule has 0 aromatic heterocycles. The Hall–Kier alpha value is -0.610. The van der Waals surface area contributed by atoms with Gasteiger partial charge in [0.1, 0.15) is 0 Å². The summed E-state index contributed by atoms with van der Waals surface area (Å²) >= 11 is 0. The van der Waals surface area contributed by atoms with Crippen molar-refractivity contribution >= 4 is 5.91 Å². The maximum Gasteiger partial charge on any atom is 0.239 e. The van der Waals surface area contributed by atoms with Crippen LogP contribution in [0.15, 0.2) is 0 Å². The van der Waals surface area contributed by atoms with Crippen LogP contribution >= 0.6 is 0 Å².